The van der Waals surface area contributed by atoms with Crippen LogP contribution in [0.5, 0.6) is 5.75 Å². The van der Waals surface area contributed by atoms with Crippen molar-refractivity contribution < 1.29 is 22.9 Å². The molecule has 5 aromatic heterocycles. The van der Waals surface area contributed by atoms with E-state index in [1.165, 1.54) is 38.3 Å². The number of benzene rings is 12. The Morgan fingerprint density at radius 3 is 1.11 bits per heavy atom. The molecule has 5 heterocycles. The van der Waals surface area contributed by atoms with Crippen molar-refractivity contribution in [2.75, 3.05) is 0 Å². The third-order valence-corrected chi connectivity index (χ3v) is 16.4. The molecule has 10 heteroatoms. The van der Waals surface area contributed by atoms with Gasteiger partial charge in [0.25, 0.3) is 0 Å². The van der Waals surface area contributed by atoms with E-state index in [0.29, 0.717) is 19.0 Å². The third-order valence-electron chi connectivity index (χ3n) is 15.5. The normalized spacial score (nSPS) is 11.5. The SMILES string of the molecule is Brc1ccc2c(c1)c1cc(Br)ccc1n2-c1ccccc1.C.O[B]Oc1cccc2c1oc1ccccc12.c1ccc(-n2c3ccc(-c4cccc5c4oc4ccccc45)cc3c3cc(-c4cccc5c4oc4ccccc45)ccc32)cc1. The summed E-state index contributed by atoms with van der Waals surface area (Å²) in [5.41, 5.74) is 16.6. The maximum atomic E-state index is 8.67. The predicted octanol–water partition coefficient (Wildman–Crippen LogP) is 21.4. The van der Waals surface area contributed by atoms with Crippen LogP contribution < -0.4 is 4.65 Å². The molecule has 83 heavy (non-hydrogen) atoms. The molecule has 0 aliphatic carbocycles. The van der Waals surface area contributed by atoms with Crippen molar-refractivity contribution in [1.82, 2.24) is 9.13 Å². The van der Waals surface area contributed by atoms with E-state index in [0.717, 1.165) is 108 Å². The number of aromatic nitrogens is 2. The molecule has 7 nitrogen and oxygen atoms in total. The molecule has 12 aromatic carbocycles. The topological polar surface area (TPSA) is 78.7 Å². The van der Waals surface area contributed by atoms with E-state index in [2.05, 4.69) is 229 Å². The first-order valence-corrected chi connectivity index (χ1v) is 28.5. The molecule has 0 bridgehead atoms. The van der Waals surface area contributed by atoms with E-state index in [4.69, 9.17) is 22.9 Å². The smallest absolute Gasteiger partial charge is 0.535 e. The highest BCUT2D eigenvalue weighted by Crippen LogP contribution is 2.43. The van der Waals surface area contributed by atoms with E-state index in [9.17, 15) is 0 Å². The minimum atomic E-state index is 0. The summed E-state index contributed by atoms with van der Waals surface area (Å²) in [5.74, 6) is 0.510. The van der Waals surface area contributed by atoms with Crippen molar-refractivity contribution in [1.29, 1.82) is 0 Å². The fourth-order valence-corrected chi connectivity index (χ4v) is 12.6. The van der Waals surface area contributed by atoms with Crippen molar-refractivity contribution in [3.8, 4) is 39.4 Å². The zero-order valence-electron chi connectivity index (χ0n) is 43.6. The Morgan fingerprint density at radius 2 is 0.675 bits per heavy atom. The Bertz CT molecular complexity index is 5060. The van der Waals surface area contributed by atoms with Gasteiger partial charge in [0.2, 0.25) is 0 Å². The van der Waals surface area contributed by atoms with Crippen LogP contribution in [-0.4, -0.2) is 21.8 Å². The van der Waals surface area contributed by atoms with Crippen LogP contribution in [0.2, 0.25) is 0 Å². The molecule has 0 saturated carbocycles. The number of hydrogen-bond acceptors (Lipinski definition) is 5. The lowest BCUT2D eigenvalue weighted by atomic mass is 9.98. The Morgan fingerprint density at radius 1 is 0.325 bits per heavy atom. The third kappa shape index (κ3) is 8.94. The second-order valence-corrected chi connectivity index (χ2v) is 22.0. The van der Waals surface area contributed by atoms with Crippen LogP contribution in [-0.2, 0) is 0 Å². The monoisotopic (exact) mass is 1200 g/mol. The number of para-hydroxylation sites is 8. The van der Waals surface area contributed by atoms with Crippen LogP contribution in [0.1, 0.15) is 7.43 Å². The molecular formula is C73H48BBr2N2O5. The summed E-state index contributed by atoms with van der Waals surface area (Å²) < 4.78 is 30.4. The minimum Gasteiger partial charge on any atom is -0.535 e. The zero-order chi connectivity index (χ0) is 54.8. The highest BCUT2D eigenvalue weighted by Gasteiger charge is 2.20. The van der Waals surface area contributed by atoms with Crippen molar-refractivity contribution in [2.45, 2.75) is 7.43 Å². The average Bonchev–Trinajstić information content (AvgIpc) is 4.06. The Hall–Kier alpha value is -9.58. The molecule has 0 saturated heterocycles. The summed E-state index contributed by atoms with van der Waals surface area (Å²) in [7, 11) is 0.655. The number of furan rings is 3. The van der Waals surface area contributed by atoms with Gasteiger partial charge in [-0.05, 0) is 120 Å². The van der Waals surface area contributed by atoms with Crippen LogP contribution in [0, 0.1) is 0 Å². The lowest BCUT2D eigenvalue weighted by Crippen LogP contribution is -1.99. The first-order valence-electron chi connectivity index (χ1n) is 26.9. The van der Waals surface area contributed by atoms with Crippen LogP contribution in [0.4, 0.5) is 0 Å². The Labute approximate surface area is 494 Å². The molecule has 17 rings (SSSR count). The van der Waals surface area contributed by atoms with E-state index >= 15 is 0 Å². The van der Waals surface area contributed by atoms with E-state index in [1.807, 2.05) is 66.7 Å². The second-order valence-electron chi connectivity index (χ2n) is 20.1. The van der Waals surface area contributed by atoms with Gasteiger partial charge in [-0.1, -0.05) is 191 Å². The largest absolute Gasteiger partial charge is 0.569 e. The standard InChI is InChI=1S/C42H25NO2.C18H11Br2N.C12H8BO3.CH4/c1-2-10-28(11-3-1)43-37-22-20-26(29-14-8-16-33-31-12-4-6-18-39(31)44-41(29)33)24-35(37)36-25-27(21-23-38(36)43)30-15-9-17-34-32-13-5-7-19-40(32)45-42(30)34;19-12-6-8-17-15(10-12)16-11-13(20)7-9-18(16)21(17)14-4-2-1-3-5-14;14-13-16-11-7-3-5-9-8-4-1-2-6-10(8)15-12(9)11;/h1-25H;1-11H;1-7,14H;1H4. The first kappa shape index (κ1) is 51.6. The first-order chi connectivity index (χ1) is 40.5. The van der Waals surface area contributed by atoms with Gasteiger partial charge in [0, 0.05) is 85.3 Å². The van der Waals surface area contributed by atoms with Gasteiger partial charge in [0.05, 0.1) is 22.1 Å². The molecule has 0 spiro atoms. The van der Waals surface area contributed by atoms with Crippen LogP contribution in [0.3, 0.4) is 0 Å². The van der Waals surface area contributed by atoms with Gasteiger partial charge in [0.15, 0.2) is 5.58 Å². The molecule has 0 fully saturated rings. The van der Waals surface area contributed by atoms with E-state index in [1.54, 1.807) is 6.07 Å². The molecule has 0 aliphatic rings. The number of hydrogen-bond donors (Lipinski definition) is 1. The van der Waals surface area contributed by atoms with Gasteiger partial charge in [-0.3, -0.25) is 0 Å². The van der Waals surface area contributed by atoms with E-state index < -0.39 is 0 Å². The molecule has 1 N–H and O–H groups in total. The molecule has 0 unspecified atom stereocenters. The van der Waals surface area contributed by atoms with Gasteiger partial charge >= 0.3 is 7.69 Å². The molecule has 17 aromatic rings. The van der Waals surface area contributed by atoms with Crippen molar-refractivity contribution in [3.05, 3.63) is 270 Å². The molecule has 1 radical (unpaired) electrons. The minimum absolute atomic E-state index is 0. The average molecular weight is 1200 g/mol. The van der Waals surface area contributed by atoms with Crippen molar-refractivity contribution in [3.63, 3.8) is 0 Å². The predicted molar refractivity (Wildman–Crippen MR) is 351 cm³/mol. The lowest BCUT2D eigenvalue weighted by Gasteiger charge is -2.09. The van der Waals surface area contributed by atoms with Crippen LogP contribution in [0.15, 0.2) is 283 Å². The van der Waals surface area contributed by atoms with Crippen LogP contribution >= 0.6 is 31.9 Å². The van der Waals surface area contributed by atoms with Crippen molar-refractivity contribution in [2.24, 2.45) is 0 Å². The summed E-state index contributed by atoms with van der Waals surface area (Å²) in [6.45, 7) is 0. The quantitative estimate of drug-likeness (QED) is 0.168. The molecule has 397 valence electrons. The molecular weight excluding hydrogens is 1160 g/mol. The second kappa shape index (κ2) is 21.4. The van der Waals surface area contributed by atoms with Gasteiger partial charge in [-0.15, -0.1) is 0 Å². The highest BCUT2D eigenvalue weighted by molar-refractivity contribution is 9.10. The summed E-state index contributed by atoms with van der Waals surface area (Å²) in [4.78, 5) is 0. The molecule has 0 amide bonds. The van der Waals surface area contributed by atoms with Crippen molar-refractivity contribution >= 4 is 149 Å². The summed E-state index contributed by atoms with van der Waals surface area (Å²) in [6.07, 6.45) is 0. The number of fused-ring (bicyclic) bond motifs is 15. The molecule has 0 aliphatic heterocycles. The molecule has 0 atom stereocenters. The van der Waals surface area contributed by atoms with Crippen LogP contribution in [0.25, 0.3) is 143 Å². The number of rotatable bonds is 6. The summed E-state index contributed by atoms with van der Waals surface area (Å²) >= 11 is 7.16. The maximum Gasteiger partial charge on any atom is 0.569 e. The highest BCUT2D eigenvalue weighted by atomic mass is 79.9. The Kier molecular flexibility index (Phi) is 13.3. The van der Waals surface area contributed by atoms with Gasteiger partial charge in [-0.25, -0.2) is 0 Å². The zero-order valence-corrected chi connectivity index (χ0v) is 46.8. The fourth-order valence-electron chi connectivity index (χ4n) is 11.9. The fraction of sp³-hybridized carbons (Fsp3) is 0.0137. The summed E-state index contributed by atoms with van der Waals surface area (Å²) in [6, 6.07) is 90.3. The maximum absolute atomic E-state index is 8.67. The Balaban J connectivity index is 0.000000133. The number of halogens is 2. The van der Waals surface area contributed by atoms with Gasteiger partial charge < -0.3 is 32.1 Å². The van der Waals surface area contributed by atoms with E-state index in [-0.39, 0.29) is 7.43 Å². The van der Waals surface area contributed by atoms with Gasteiger partial charge in [-0.2, -0.15) is 0 Å². The summed E-state index contributed by atoms with van der Waals surface area (Å²) in [5, 5.41) is 20.1. The number of nitrogens with zero attached hydrogens (tertiary/aromatic N) is 2. The lowest BCUT2D eigenvalue weighted by molar-refractivity contribution is 0.451. The van der Waals surface area contributed by atoms with Gasteiger partial charge in [0.1, 0.15) is 33.7 Å².